The van der Waals surface area contributed by atoms with Crippen molar-refractivity contribution in [3.63, 3.8) is 0 Å². The zero-order chi connectivity index (χ0) is 20.2. The maximum absolute atomic E-state index is 5.97. The predicted octanol–water partition coefficient (Wildman–Crippen LogP) is 6.08. The van der Waals surface area contributed by atoms with Crippen LogP contribution in [0.15, 0.2) is 66.7 Å². The summed E-state index contributed by atoms with van der Waals surface area (Å²) in [6, 6.07) is 18.7. The first-order valence-electron chi connectivity index (χ1n) is 10.1. The lowest BCUT2D eigenvalue weighted by Crippen LogP contribution is -2.24. The smallest absolute Gasteiger partial charge is 0.120 e. The summed E-state index contributed by atoms with van der Waals surface area (Å²) in [6.45, 7) is 12.1. The summed E-state index contributed by atoms with van der Waals surface area (Å²) in [5.41, 5.74) is 2.50. The summed E-state index contributed by atoms with van der Waals surface area (Å²) in [5, 5.41) is 0. The highest BCUT2D eigenvalue weighted by molar-refractivity contribution is 5.29. The Morgan fingerprint density at radius 3 is 2.46 bits per heavy atom. The van der Waals surface area contributed by atoms with Crippen LogP contribution in [-0.4, -0.2) is 18.0 Å². The van der Waals surface area contributed by atoms with Crippen molar-refractivity contribution in [2.45, 2.75) is 47.3 Å². The van der Waals surface area contributed by atoms with Crippen molar-refractivity contribution in [2.24, 2.45) is 5.41 Å². The van der Waals surface area contributed by atoms with Gasteiger partial charge in [0.2, 0.25) is 0 Å². The summed E-state index contributed by atoms with van der Waals surface area (Å²) in [6.07, 6.45) is 5.27. The summed E-state index contributed by atoms with van der Waals surface area (Å²) >= 11 is 0. The highest BCUT2D eigenvalue weighted by Crippen LogP contribution is 2.17. The summed E-state index contributed by atoms with van der Waals surface area (Å²) in [5.74, 6) is 7.31. The first kappa shape index (κ1) is 21.8. The Morgan fingerprint density at radius 1 is 1.00 bits per heavy atom. The lowest BCUT2D eigenvalue weighted by Gasteiger charge is -2.20. The van der Waals surface area contributed by atoms with E-state index in [1.165, 1.54) is 11.1 Å². The number of nitrogens with zero attached hydrogens (tertiary/aromatic N) is 1. The van der Waals surface area contributed by atoms with Gasteiger partial charge in [0.15, 0.2) is 0 Å². The minimum Gasteiger partial charge on any atom is -0.489 e. The number of benzene rings is 2. The number of hydrogen-bond acceptors (Lipinski definition) is 2. The van der Waals surface area contributed by atoms with E-state index in [0.29, 0.717) is 6.61 Å². The molecule has 0 aliphatic carbocycles. The molecule has 0 saturated heterocycles. The summed E-state index contributed by atoms with van der Waals surface area (Å²) in [4.78, 5) is 2.44. The number of hydrogen-bond donors (Lipinski definition) is 0. The maximum Gasteiger partial charge on any atom is 0.120 e. The van der Waals surface area contributed by atoms with E-state index in [0.717, 1.165) is 31.8 Å². The molecule has 0 saturated carbocycles. The van der Waals surface area contributed by atoms with Crippen molar-refractivity contribution in [1.29, 1.82) is 0 Å². The van der Waals surface area contributed by atoms with Crippen LogP contribution in [0.5, 0.6) is 5.75 Å². The number of ether oxygens (including phenoxy) is 1. The van der Waals surface area contributed by atoms with Gasteiger partial charge in [0, 0.05) is 18.5 Å². The van der Waals surface area contributed by atoms with Crippen LogP contribution in [0.4, 0.5) is 0 Å². The molecule has 2 rings (SSSR count). The fourth-order valence-electron chi connectivity index (χ4n) is 2.80. The Labute approximate surface area is 171 Å². The van der Waals surface area contributed by atoms with Gasteiger partial charge in [0.05, 0.1) is 0 Å². The van der Waals surface area contributed by atoms with Crippen LogP contribution in [0.2, 0.25) is 0 Å². The predicted molar refractivity (Wildman–Crippen MR) is 119 cm³/mol. The maximum atomic E-state index is 5.97. The second-order valence-corrected chi connectivity index (χ2v) is 8.08. The third kappa shape index (κ3) is 8.93. The van der Waals surface area contributed by atoms with E-state index in [2.05, 4.69) is 80.8 Å². The summed E-state index contributed by atoms with van der Waals surface area (Å²) < 4.78 is 5.97. The molecule has 0 heterocycles. The Kier molecular flexibility index (Phi) is 8.85. The van der Waals surface area contributed by atoms with Gasteiger partial charge in [-0.1, -0.05) is 67.3 Å². The van der Waals surface area contributed by atoms with E-state index in [-0.39, 0.29) is 5.41 Å². The average Bonchev–Trinajstić information content (AvgIpc) is 2.66. The van der Waals surface area contributed by atoms with Gasteiger partial charge in [-0.05, 0) is 63.1 Å². The molecular weight excluding hydrogens is 342 g/mol. The Hall–Kier alpha value is -2.50. The molecule has 0 radical (unpaired) electrons. The number of allylic oxidation sites excluding steroid dienone is 1. The number of rotatable bonds is 9. The zero-order valence-electron chi connectivity index (χ0n) is 17.7. The van der Waals surface area contributed by atoms with Gasteiger partial charge in [-0.2, -0.15) is 0 Å². The largest absolute Gasteiger partial charge is 0.489 e. The van der Waals surface area contributed by atoms with Gasteiger partial charge in [0.1, 0.15) is 12.4 Å². The van der Waals surface area contributed by atoms with E-state index in [9.17, 15) is 0 Å². The van der Waals surface area contributed by atoms with Crippen LogP contribution >= 0.6 is 0 Å². The van der Waals surface area contributed by atoms with Crippen molar-refractivity contribution in [3.8, 4) is 17.6 Å². The standard InChI is InChI=1S/C26H33NO/c1-5-18-27(19-11-7-10-17-26(2,3)4)21-24-15-12-16-25(20-24)28-22-23-13-8-6-9-14-23/h6-9,11-16,20H,5,18-19,21-22H2,1-4H3. The molecule has 2 aromatic rings. The molecule has 0 aliphatic heterocycles. The van der Waals surface area contributed by atoms with Crippen LogP contribution in [0.3, 0.4) is 0 Å². The molecule has 0 aliphatic rings. The van der Waals surface area contributed by atoms with E-state index in [4.69, 9.17) is 4.74 Å². The monoisotopic (exact) mass is 375 g/mol. The van der Waals surface area contributed by atoms with E-state index < -0.39 is 0 Å². The Balaban J connectivity index is 1.92. The SMILES string of the molecule is CCCN(CC=CC#CC(C)(C)C)Cc1cccc(OCc2ccccc2)c1. The average molecular weight is 376 g/mol. The Morgan fingerprint density at radius 2 is 1.75 bits per heavy atom. The molecule has 148 valence electrons. The molecule has 0 N–H and O–H groups in total. The highest BCUT2D eigenvalue weighted by atomic mass is 16.5. The second-order valence-electron chi connectivity index (χ2n) is 8.08. The second kappa shape index (κ2) is 11.4. The molecule has 0 fully saturated rings. The third-order valence-corrected chi connectivity index (χ3v) is 4.10. The molecule has 0 bridgehead atoms. The fourth-order valence-corrected chi connectivity index (χ4v) is 2.80. The van der Waals surface area contributed by atoms with Crippen molar-refractivity contribution in [1.82, 2.24) is 4.90 Å². The van der Waals surface area contributed by atoms with Gasteiger partial charge < -0.3 is 4.74 Å². The van der Waals surface area contributed by atoms with E-state index >= 15 is 0 Å². The molecule has 28 heavy (non-hydrogen) atoms. The highest BCUT2D eigenvalue weighted by Gasteiger charge is 2.05. The lowest BCUT2D eigenvalue weighted by molar-refractivity contribution is 0.290. The molecule has 0 spiro atoms. The Bertz CT molecular complexity index is 790. The van der Waals surface area contributed by atoms with Gasteiger partial charge in [0.25, 0.3) is 0 Å². The minimum absolute atomic E-state index is 0.0492. The van der Waals surface area contributed by atoms with Gasteiger partial charge in [-0.25, -0.2) is 0 Å². The minimum atomic E-state index is 0.0492. The van der Waals surface area contributed by atoms with Gasteiger partial charge >= 0.3 is 0 Å². The third-order valence-electron chi connectivity index (χ3n) is 4.10. The van der Waals surface area contributed by atoms with Crippen LogP contribution < -0.4 is 4.74 Å². The van der Waals surface area contributed by atoms with Crippen LogP contribution in [-0.2, 0) is 13.2 Å². The first-order chi connectivity index (χ1) is 13.5. The van der Waals surface area contributed by atoms with Gasteiger partial charge in [-0.3, -0.25) is 4.90 Å². The van der Waals surface area contributed by atoms with Crippen molar-refractivity contribution < 1.29 is 4.74 Å². The molecule has 2 nitrogen and oxygen atoms in total. The fraction of sp³-hybridized carbons (Fsp3) is 0.385. The zero-order valence-corrected chi connectivity index (χ0v) is 17.7. The molecule has 0 unspecified atom stereocenters. The molecular formula is C26H33NO. The van der Waals surface area contributed by atoms with Crippen LogP contribution in [0.25, 0.3) is 0 Å². The van der Waals surface area contributed by atoms with Crippen LogP contribution in [0, 0.1) is 17.3 Å². The van der Waals surface area contributed by atoms with E-state index in [1.807, 2.05) is 30.3 Å². The molecule has 0 aromatic heterocycles. The van der Waals surface area contributed by atoms with Crippen LogP contribution in [0.1, 0.15) is 45.2 Å². The molecule has 2 aromatic carbocycles. The van der Waals surface area contributed by atoms with E-state index in [1.54, 1.807) is 0 Å². The lowest BCUT2D eigenvalue weighted by atomic mass is 9.98. The van der Waals surface area contributed by atoms with Crippen molar-refractivity contribution in [2.75, 3.05) is 13.1 Å². The topological polar surface area (TPSA) is 12.5 Å². The molecule has 0 atom stereocenters. The quantitative estimate of drug-likeness (QED) is 0.492. The molecule has 2 heteroatoms. The summed E-state index contributed by atoms with van der Waals surface area (Å²) in [7, 11) is 0. The van der Waals surface area contributed by atoms with Crippen molar-refractivity contribution >= 4 is 0 Å². The molecule has 0 amide bonds. The van der Waals surface area contributed by atoms with Crippen molar-refractivity contribution in [3.05, 3.63) is 77.9 Å². The normalized spacial score (nSPS) is 11.5. The van der Waals surface area contributed by atoms with Gasteiger partial charge in [-0.15, -0.1) is 0 Å². The first-order valence-corrected chi connectivity index (χ1v) is 10.1.